The van der Waals surface area contributed by atoms with Gasteiger partial charge in [-0.05, 0) is 0 Å². The predicted molar refractivity (Wildman–Crippen MR) is 76.6 cm³/mol. The quantitative estimate of drug-likeness (QED) is 0.318. The Morgan fingerprint density at radius 1 is 1.30 bits per heavy atom. The topological polar surface area (TPSA) is 189 Å². The van der Waals surface area contributed by atoms with E-state index in [0.29, 0.717) is 5.52 Å². The fraction of sp³-hybridized carbons (Fsp3) is 0.500. The van der Waals surface area contributed by atoms with E-state index in [1.165, 1.54) is 17.2 Å². The molecule has 0 radical (unpaired) electrons. The van der Waals surface area contributed by atoms with Crippen molar-refractivity contribution in [1.82, 2.24) is 19.5 Å². The number of fused-ring (bicyclic) bond motifs is 1. The molecule has 23 heavy (non-hydrogen) atoms. The van der Waals surface area contributed by atoms with E-state index < -0.39 is 39.3 Å². The molecular weight excluding hydrogens is 333 g/mol. The van der Waals surface area contributed by atoms with Crippen LogP contribution < -0.4 is 5.73 Å². The second-order valence-electron chi connectivity index (χ2n) is 4.98. The van der Waals surface area contributed by atoms with Gasteiger partial charge in [-0.1, -0.05) is 0 Å². The molecule has 1 aliphatic heterocycles. The second kappa shape index (κ2) is 5.85. The van der Waals surface area contributed by atoms with E-state index in [1.54, 1.807) is 0 Å². The van der Waals surface area contributed by atoms with Gasteiger partial charge in [0.2, 0.25) is 0 Å². The number of anilines is 1. The SMILES string of the molecule is Nc1ncnc2c1ncn2[C@@H]1O[C@H](CO)C(O[PH](O)(O)O)C1O. The molecule has 2 aromatic heterocycles. The van der Waals surface area contributed by atoms with Gasteiger partial charge in [-0.2, -0.15) is 0 Å². The van der Waals surface area contributed by atoms with Gasteiger partial charge < -0.3 is 0 Å². The van der Waals surface area contributed by atoms with Crippen LogP contribution in [0.15, 0.2) is 12.7 Å². The zero-order chi connectivity index (χ0) is 16.8. The first-order valence-electron chi connectivity index (χ1n) is 6.54. The Morgan fingerprint density at radius 2 is 2.04 bits per heavy atom. The number of hydrogen-bond acceptors (Lipinski definition) is 11. The van der Waals surface area contributed by atoms with Gasteiger partial charge in [0, 0.05) is 0 Å². The van der Waals surface area contributed by atoms with E-state index in [4.69, 9.17) is 25.2 Å². The van der Waals surface area contributed by atoms with Crippen molar-refractivity contribution < 1.29 is 34.2 Å². The summed E-state index contributed by atoms with van der Waals surface area (Å²) in [4.78, 5) is 39.0. The Hall–Kier alpha value is -1.50. The summed E-state index contributed by atoms with van der Waals surface area (Å²) >= 11 is 0. The molecule has 0 spiro atoms. The molecule has 12 nitrogen and oxygen atoms in total. The number of ether oxygens (including phenoxy) is 1. The average Bonchev–Trinajstić information content (AvgIpc) is 3.01. The minimum absolute atomic E-state index is 0.139. The molecule has 1 fully saturated rings. The molecule has 0 amide bonds. The predicted octanol–water partition coefficient (Wildman–Crippen LogP) is -2.57. The van der Waals surface area contributed by atoms with Crippen molar-refractivity contribution in [1.29, 1.82) is 0 Å². The van der Waals surface area contributed by atoms with Gasteiger partial charge >= 0.3 is 128 Å². The van der Waals surface area contributed by atoms with Crippen molar-refractivity contribution in [3.63, 3.8) is 0 Å². The molecule has 2 aromatic rings. The summed E-state index contributed by atoms with van der Waals surface area (Å²) in [7, 11) is -4.92. The Morgan fingerprint density at radius 3 is 2.70 bits per heavy atom. The van der Waals surface area contributed by atoms with E-state index in [-0.39, 0.29) is 11.5 Å². The first-order chi connectivity index (χ1) is 10.8. The molecule has 3 heterocycles. The molecule has 4 atom stereocenters. The van der Waals surface area contributed by atoms with Crippen LogP contribution in [0.2, 0.25) is 0 Å². The number of nitrogens with two attached hydrogens (primary N) is 1. The van der Waals surface area contributed by atoms with Crippen LogP contribution in [0.25, 0.3) is 11.2 Å². The van der Waals surface area contributed by atoms with Crippen molar-refractivity contribution in [2.45, 2.75) is 24.5 Å². The van der Waals surface area contributed by atoms with Gasteiger partial charge in [0.1, 0.15) is 0 Å². The molecule has 0 aliphatic carbocycles. The van der Waals surface area contributed by atoms with Gasteiger partial charge in [0.25, 0.3) is 0 Å². The standard InChI is InChI=1S/C10H16N5O7P/c11-8-5-9(13-2-12-8)15(3-14-5)10-6(17)7(4(1-16)21-10)22-23(18,19)20/h2-4,6-7,10,16-20,23H,1H2,(H2,11,12,13)/t4-,6?,7?,10-/m1/s1. The van der Waals surface area contributed by atoms with Gasteiger partial charge in [-0.3, -0.25) is 0 Å². The number of nitrogen functional groups attached to an aromatic ring is 1. The van der Waals surface area contributed by atoms with Crippen LogP contribution in [-0.2, 0) is 9.26 Å². The second-order valence-corrected chi connectivity index (χ2v) is 6.36. The molecule has 3 rings (SSSR count). The molecule has 1 aliphatic rings. The van der Waals surface area contributed by atoms with Gasteiger partial charge in [0.15, 0.2) is 0 Å². The summed E-state index contributed by atoms with van der Waals surface area (Å²) in [5.41, 5.74) is 6.25. The summed E-state index contributed by atoms with van der Waals surface area (Å²) in [5.74, 6) is 0.139. The zero-order valence-corrected chi connectivity index (χ0v) is 12.6. The van der Waals surface area contributed by atoms with Crippen LogP contribution in [-0.4, -0.2) is 69.3 Å². The maximum atomic E-state index is 10.3. The maximum absolute atomic E-state index is 10.3. The molecule has 7 N–H and O–H groups in total. The fourth-order valence-electron chi connectivity index (χ4n) is 2.48. The average molecular weight is 349 g/mol. The number of aliphatic hydroxyl groups excluding tert-OH is 2. The Labute approximate surface area is 129 Å². The fourth-order valence-corrected chi connectivity index (χ4v) is 3.14. The van der Waals surface area contributed by atoms with Crippen LogP contribution in [0.3, 0.4) is 0 Å². The van der Waals surface area contributed by atoms with E-state index in [9.17, 15) is 10.2 Å². The minimum atomic E-state index is -4.92. The number of aliphatic hydroxyl groups is 2. The van der Waals surface area contributed by atoms with Crippen LogP contribution in [0.5, 0.6) is 0 Å². The molecule has 0 saturated carbocycles. The molecule has 2 unspecified atom stereocenters. The molecule has 0 bridgehead atoms. The third-order valence-corrected chi connectivity index (χ3v) is 4.03. The summed E-state index contributed by atoms with van der Waals surface area (Å²) in [5, 5.41) is 19.6. The van der Waals surface area contributed by atoms with Crippen molar-refractivity contribution in [3.8, 4) is 0 Å². The van der Waals surface area contributed by atoms with Crippen LogP contribution >= 0.6 is 8.17 Å². The van der Waals surface area contributed by atoms with E-state index >= 15 is 0 Å². The molecular formula is C10H16N5O7P. The number of hydrogen-bond donors (Lipinski definition) is 6. The summed E-state index contributed by atoms with van der Waals surface area (Å²) in [6.45, 7) is -0.577. The summed E-state index contributed by atoms with van der Waals surface area (Å²) < 4.78 is 11.5. The number of rotatable bonds is 4. The first-order valence-corrected chi connectivity index (χ1v) is 8.29. The Bertz CT molecular complexity index is 706. The number of nitrogens with zero attached hydrogens (tertiary/aromatic N) is 4. The van der Waals surface area contributed by atoms with Crippen molar-refractivity contribution in [3.05, 3.63) is 12.7 Å². The Kier molecular flexibility index (Phi) is 4.16. The summed E-state index contributed by atoms with van der Waals surface area (Å²) in [6.07, 6.45) is -2.45. The Balaban J connectivity index is 1.95. The van der Waals surface area contributed by atoms with Gasteiger partial charge in [-0.15, -0.1) is 0 Å². The van der Waals surface area contributed by atoms with Crippen molar-refractivity contribution in [2.75, 3.05) is 12.3 Å². The van der Waals surface area contributed by atoms with Crippen molar-refractivity contribution >= 4 is 25.2 Å². The number of aromatic nitrogens is 4. The van der Waals surface area contributed by atoms with Crippen LogP contribution in [0.1, 0.15) is 6.23 Å². The molecule has 1 saturated heterocycles. The summed E-state index contributed by atoms with van der Waals surface area (Å²) in [6, 6.07) is 0. The molecule has 13 heteroatoms. The van der Waals surface area contributed by atoms with E-state index in [1.807, 2.05) is 0 Å². The van der Waals surface area contributed by atoms with E-state index in [0.717, 1.165) is 0 Å². The van der Waals surface area contributed by atoms with E-state index in [2.05, 4.69) is 19.5 Å². The monoisotopic (exact) mass is 349 g/mol. The third kappa shape index (κ3) is 2.98. The van der Waals surface area contributed by atoms with Crippen molar-refractivity contribution in [2.24, 2.45) is 0 Å². The normalized spacial score (nSPS) is 29.3. The first kappa shape index (κ1) is 16.4. The van der Waals surface area contributed by atoms with Gasteiger partial charge in [0.05, 0.1) is 0 Å². The zero-order valence-electron chi connectivity index (χ0n) is 11.6. The van der Waals surface area contributed by atoms with Crippen LogP contribution in [0.4, 0.5) is 5.82 Å². The number of imidazole rings is 1. The van der Waals surface area contributed by atoms with Crippen LogP contribution in [0, 0.1) is 0 Å². The molecule has 128 valence electrons. The van der Waals surface area contributed by atoms with Gasteiger partial charge in [-0.25, -0.2) is 0 Å². The molecule has 0 aromatic carbocycles. The third-order valence-electron chi connectivity index (χ3n) is 3.44.